The molecule has 0 amide bonds. The second-order valence-electron chi connectivity index (χ2n) is 6.79. The van der Waals surface area contributed by atoms with E-state index in [1.165, 1.54) is 5.00 Å². The second kappa shape index (κ2) is 8.40. The maximum absolute atomic E-state index is 11.6. The van der Waals surface area contributed by atoms with E-state index in [9.17, 15) is 8.42 Å². The quantitative estimate of drug-likeness (QED) is 0.618. The van der Waals surface area contributed by atoms with E-state index >= 15 is 0 Å². The Hall–Kier alpha value is -1.28. The highest BCUT2D eigenvalue weighted by Gasteiger charge is 2.28. The monoisotopic (exact) mass is 384 g/mol. The number of sulfone groups is 1. The van der Waals surface area contributed by atoms with Gasteiger partial charge in [0.15, 0.2) is 15.8 Å². The van der Waals surface area contributed by atoms with Crippen LogP contribution < -0.4 is 10.2 Å². The molecule has 140 valence electrons. The lowest BCUT2D eigenvalue weighted by atomic mass is 10.1. The van der Waals surface area contributed by atoms with Crippen LogP contribution in [-0.2, 0) is 9.84 Å². The van der Waals surface area contributed by atoms with Crippen molar-refractivity contribution in [3.05, 3.63) is 17.5 Å². The molecule has 1 N–H and O–H groups in total. The van der Waals surface area contributed by atoms with Gasteiger partial charge < -0.3 is 15.1 Å². The summed E-state index contributed by atoms with van der Waals surface area (Å²) in [6.07, 6.45) is 1.80. The van der Waals surface area contributed by atoms with Crippen molar-refractivity contribution in [2.24, 2.45) is 10.9 Å². The largest absolute Gasteiger partial charge is 0.360 e. The van der Waals surface area contributed by atoms with Gasteiger partial charge in [-0.1, -0.05) is 6.92 Å². The fourth-order valence-electron chi connectivity index (χ4n) is 3.32. The van der Waals surface area contributed by atoms with Gasteiger partial charge in [0.05, 0.1) is 16.5 Å². The first-order valence-corrected chi connectivity index (χ1v) is 11.8. The fourth-order valence-corrected chi connectivity index (χ4v) is 5.96. The molecule has 1 unspecified atom stereocenters. The van der Waals surface area contributed by atoms with Crippen molar-refractivity contribution in [3.63, 3.8) is 0 Å². The van der Waals surface area contributed by atoms with E-state index in [1.807, 2.05) is 0 Å². The van der Waals surface area contributed by atoms with Crippen LogP contribution in [0.15, 0.2) is 22.5 Å². The van der Waals surface area contributed by atoms with Crippen LogP contribution in [0.5, 0.6) is 0 Å². The van der Waals surface area contributed by atoms with E-state index in [2.05, 4.69) is 39.6 Å². The number of rotatable bonds is 5. The molecule has 0 saturated carbocycles. The fraction of sp³-hybridized carbons (Fsp3) is 0.706. The van der Waals surface area contributed by atoms with E-state index in [4.69, 9.17) is 4.99 Å². The van der Waals surface area contributed by atoms with Gasteiger partial charge in [-0.3, -0.25) is 4.99 Å². The Bertz CT molecular complexity index is 665. The summed E-state index contributed by atoms with van der Waals surface area (Å²) in [7, 11) is -2.83. The Labute approximate surface area is 154 Å². The number of nitrogens with zero attached hydrogens (tertiary/aromatic N) is 3. The normalized spacial score (nSPS) is 23.9. The summed E-state index contributed by atoms with van der Waals surface area (Å²) in [4.78, 5) is 9.50. The van der Waals surface area contributed by atoms with E-state index in [0.717, 1.165) is 51.5 Å². The molecule has 0 bridgehead atoms. The highest BCUT2D eigenvalue weighted by molar-refractivity contribution is 7.91. The predicted octanol–water partition coefficient (Wildman–Crippen LogP) is 1.66. The Morgan fingerprint density at radius 1 is 1.36 bits per heavy atom. The van der Waals surface area contributed by atoms with Crippen molar-refractivity contribution in [2.75, 3.05) is 55.7 Å². The van der Waals surface area contributed by atoms with E-state index in [-0.39, 0.29) is 5.92 Å². The number of anilines is 1. The van der Waals surface area contributed by atoms with Gasteiger partial charge in [-0.2, -0.15) is 0 Å². The van der Waals surface area contributed by atoms with Gasteiger partial charge in [0.25, 0.3) is 0 Å². The minimum atomic E-state index is -2.83. The molecule has 0 spiro atoms. The number of hydrogen-bond acceptors (Lipinski definition) is 5. The van der Waals surface area contributed by atoms with Gasteiger partial charge in [0.2, 0.25) is 0 Å². The molecule has 0 radical (unpaired) electrons. The van der Waals surface area contributed by atoms with Crippen LogP contribution in [0.1, 0.15) is 19.8 Å². The van der Waals surface area contributed by atoms with Crippen LogP contribution >= 0.6 is 11.3 Å². The zero-order valence-electron chi connectivity index (χ0n) is 14.9. The van der Waals surface area contributed by atoms with Crippen LogP contribution in [-0.4, -0.2) is 70.1 Å². The number of nitrogens with one attached hydrogen (secondary N) is 1. The zero-order chi connectivity index (χ0) is 17.7. The van der Waals surface area contributed by atoms with Crippen LogP contribution in [0.3, 0.4) is 0 Å². The second-order valence-corrected chi connectivity index (χ2v) is 9.94. The maximum atomic E-state index is 11.6. The summed E-state index contributed by atoms with van der Waals surface area (Å²) < 4.78 is 23.3. The summed E-state index contributed by atoms with van der Waals surface area (Å²) in [5, 5.41) is 6.89. The molecule has 25 heavy (non-hydrogen) atoms. The van der Waals surface area contributed by atoms with Gasteiger partial charge in [0.1, 0.15) is 0 Å². The van der Waals surface area contributed by atoms with Crippen molar-refractivity contribution in [1.82, 2.24) is 10.2 Å². The molecule has 2 aliphatic rings. The average molecular weight is 385 g/mol. The zero-order valence-corrected chi connectivity index (χ0v) is 16.5. The van der Waals surface area contributed by atoms with Gasteiger partial charge in [-0.25, -0.2) is 8.42 Å². The highest BCUT2D eigenvalue weighted by Crippen LogP contribution is 2.22. The lowest BCUT2D eigenvalue weighted by molar-refractivity contribution is 0.371. The molecular formula is C17H28N4O2S2. The van der Waals surface area contributed by atoms with Crippen molar-refractivity contribution in [3.8, 4) is 0 Å². The van der Waals surface area contributed by atoms with E-state index in [1.54, 1.807) is 11.3 Å². The van der Waals surface area contributed by atoms with Crippen molar-refractivity contribution in [2.45, 2.75) is 19.8 Å². The topological polar surface area (TPSA) is 65.0 Å². The van der Waals surface area contributed by atoms with Crippen molar-refractivity contribution >= 4 is 32.1 Å². The van der Waals surface area contributed by atoms with Crippen LogP contribution in [0, 0.1) is 5.92 Å². The Kier molecular flexibility index (Phi) is 6.22. The molecule has 2 aliphatic heterocycles. The third-order valence-electron chi connectivity index (χ3n) is 4.76. The summed E-state index contributed by atoms with van der Waals surface area (Å²) in [5.41, 5.74) is 0. The molecule has 2 fully saturated rings. The van der Waals surface area contributed by atoms with Crippen molar-refractivity contribution in [1.29, 1.82) is 0 Å². The molecule has 1 aromatic heterocycles. The SMILES string of the molecule is CCCNC(=NCC1CCS(=O)(=O)C1)N1CCN(c2cccs2)CC1. The molecule has 2 saturated heterocycles. The minimum absolute atomic E-state index is 0.177. The van der Waals surface area contributed by atoms with Gasteiger partial charge in [-0.15, -0.1) is 11.3 Å². The van der Waals surface area contributed by atoms with Gasteiger partial charge >= 0.3 is 0 Å². The molecule has 0 aromatic carbocycles. The Morgan fingerprint density at radius 2 is 2.16 bits per heavy atom. The summed E-state index contributed by atoms with van der Waals surface area (Å²) >= 11 is 1.78. The van der Waals surface area contributed by atoms with E-state index < -0.39 is 9.84 Å². The Balaban J connectivity index is 1.58. The van der Waals surface area contributed by atoms with Gasteiger partial charge in [0, 0.05) is 39.3 Å². The summed E-state index contributed by atoms with van der Waals surface area (Å²) in [5.74, 6) is 1.74. The van der Waals surface area contributed by atoms with Crippen LogP contribution in [0.25, 0.3) is 0 Å². The molecule has 3 heterocycles. The lowest BCUT2D eigenvalue weighted by Gasteiger charge is -2.37. The minimum Gasteiger partial charge on any atom is -0.360 e. The maximum Gasteiger partial charge on any atom is 0.194 e. The highest BCUT2D eigenvalue weighted by atomic mass is 32.2. The third-order valence-corrected chi connectivity index (χ3v) is 7.52. The van der Waals surface area contributed by atoms with E-state index in [0.29, 0.717) is 18.1 Å². The molecule has 8 heteroatoms. The summed E-state index contributed by atoms with van der Waals surface area (Å²) in [6, 6.07) is 4.27. The molecular weight excluding hydrogens is 356 g/mol. The lowest BCUT2D eigenvalue weighted by Crippen LogP contribution is -2.52. The Morgan fingerprint density at radius 3 is 2.76 bits per heavy atom. The van der Waals surface area contributed by atoms with Crippen LogP contribution in [0.4, 0.5) is 5.00 Å². The van der Waals surface area contributed by atoms with Gasteiger partial charge in [-0.05, 0) is 36.3 Å². The molecule has 0 aliphatic carbocycles. The molecule has 1 aromatic rings. The molecule has 1 atom stereocenters. The first kappa shape index (κ1) is 18.5. The number of thiophene rings is 1. The standard InChI is InChI=1S/C17H28N4O2S2/c1-2-6-18-17(19-13-15-5-12-25(22,23)14-15)21-9-7-20(8-10-21)16-4-3-11-24-16/h3-4,11,15H,2,5-10,12-14H2,1H3,(H,18,19). The first-order valence-electron chi connectivity index (χ1n) is 9.09. The number of piperazine rings is 1. The molecule has 6 nitrogen and oxygen atoms in total. The predicted molar refractivity (Wildman–Crippen MR) is 105 cm³/mol. The average Bonchev–Trinajstić information content (AvgIpc) is 3.25. The van der Waals surface area contributed by atoms with Crippen molar-refractivity contribution < 1.29 is 8.42 Å². The third kappa shape index (κ3) is 5.10. The molecule has 3 rings (SSSR count). The first-order chi connectivity index (χ1) is 12.1. The summed E-state index contributed by atoms with van der Waals surface area (Å²) in [6.45, 7) is 7.51. The number of aliphatic imine (C=N–C) groups is 1. The van der Waals surface area contributed by atoms with Crippen LogP contribution in [0.2, 0.25) is 0 Å². The smallest absolute Gasteiger partial charge is 0.194 e. The number of hydrogen-bond donors (Lipinski definition) is 1. The number of guanidine groups is 1.